The van der Waals surface area contributed by atoms with Crippen LogP contribution in [0.5, 0.6) is 17.2 Å². The summed E-state index contributed by atoms with van der Waals surface area (Å²) < 4.78 is 10.6. The maximum absolute atomic E-state index is 12.2. The number of carbonyl (C=O) groups is 1. The van der Waals surface area contributed by atoms with Crippen molar-refractivity contribution in [2.24, 2.45) is 5.10 Å². The number of amides is 1. The van der Waals surface area contributed by atoms with Gasteiger partial charge < -0.3 is 14.6 Å². The van der Waals surface area contributed by atoms with E-state index in [2.05, 4.69) is 10.5 Å². The van der Waals surface area contributed by atoms with Gasteiger partial charge in [0.05, 0.1) is 23.8 Å². The summed E-state index contributed by atoms with van der Waals surface area (Å²) in [6, 6.07) is 7.62. The topological polar surface area (TPSA) is 126 Å². The smallest absolute Gasteiger partial charge is 0.277 e. The van der Waals surface area contributed by atoms with Gasteiger partial charge in [-0.15, -0.1) is 0 Å². The number of nitrogens with zero attached hydrogens (tertiary/aromatic N) is 2. The van der Waals surface area contributed by atoms with Crippen LogP contribution in [0.25, 0.3) is 0 Å². The Morgan fingerprint density at radius 1 is 1.25 bits per heavy atom. The summed E-state index contributed by atoms with van der Waals surface area (Å²) in [5, 5.41) is 26.9. The first kappa shape index (κ1) is 20.7. The van der Waals surface area contributed by atoms with Gasteiger partial charge >= 0.3 is 0 Å². The van der Waals surface area contributed by atoms with E-state index >= 15 is 0 Å². The Morgan fingerprint density at radius 3 is 2.68 bits per heavy atom. The first-order chi connectivity index (χ1) is 13.3. The van der Waals surface area contributed by atoms with Gasteiger partial charge in [-0.3, -0.25) is 14.9 Å². The van der Waals surface area contributed by atoms with E-state index in [0.29, 0.717) is 5.75 Å². The van der Waals surface area contributed by atoms with Crippen LogP contribution < -0.4 is 20.0 Å². The molecule has 0 radical (unpaired) electrons. The normalized spacial score (nSPS) is 10.7. The van der Waals surface area contributed by atoms with Crippen molar-refractivity contribution in [3.63, 3.8) is 0 Å². The van der Waals surface area contributed by atoms with Crippen LogP contribution in [0, 0.1) is 24.0 Å². The maximum Gasteiger partial charge on any atom is 0.277 e. The number of hydrogen-bond donors (Lipinski definition) is 1. The van der Waals surface area contributed by atoms with Gasteiger partial charge in [-0.05, 0) is 43.5 Å². The zero-order valence-electron chi connectivity index (χ0n) is 15.7. The van der Waals surface area contributed by atoms with Crippen LogP contribution in [-0.4, -0.2) is 30.3 Å². The molecule has 1 N–H and O–H groups in total. The summed E-state index contributed by atoms with van der Waals surface area (Å²) in [7, 11) is 0. The molecule has 0 saturated heterocycles. The molecular weight excluding hydrogens is 366 g/mol. The van der Waals surface area contributed by atoms with Gasteiger partial charge in [-0.1, -0.05) is 17.9 Å². The second-order valence-electron chi connectivity index (χ2n) is 5.83. The minimum Gasteiger partial charge on any atom is -0.870 e. The molecule has 0 atom stereocenters. The molecule has 0 heterocycles. The van der Waals surface area contributed by atoms with Gasteiger partial charge in [-0.25, -0.2) is 5.43 Å². The third-order valence-electron chi connectivity index (χ3n) is 3.89. The van der Waals surface area contributed by atoms with Crippen LogP contribution >= 0.6 is 0 Å². The van der Waals surface area contributed by atoms with E-state index in [1.165, 1.54) is 0 Å². The highest BCUT2D eigenvalue weighted by Crippen LogP contribution is 2.31. The van der Waals surface area contributed by atoms with Crippen LogP contribution in [0.1, 0.15) is 23.6 Å². The zero-order chi connectivity index (χ0) is 20.7. The fraction of sp³-hybridized carbons (Fsp3) is 0.263. The van der Waals surface area contributed by atoms with Crippen molar-refractivity contribution in [3.05, 3.63) is 57.1 Å². The Bertz CT molecular complexity index is 911. The monoisotopic (exact) mass is 386 g/mol. The summed E-state index contributed by atoms with van der Waals surface area (Å²) in [6.07, 6.45) is 1.04. The molecule has 2 aromatic rings. The number of nitrogens with one attached hydrogen (secondary N) is 1. The number of non-ortho nitro benzene ring substituents is 1. The van der Waals surface area contributed by atoms with E-state index in [9.17, 15) is 20.0 Å². The first-order valence-electron chi connectivity index (χ1n) is 8.46. The number of hydrazone groups is 1. The van der Waals surface area contributed by atoms with Crippen molar-refractivity contribution in [2.45, 2.75) is 20.8 Å². The highest BCUT2D eigenvalue weighted by molar-refractivity contribution is 5.87. The van der Waals surface area contributed by atoms with Crippen molar-refractivity contribution >= 4 is 17.8 Å². The fourth-order valence-corrected chi connectivity index (χ4v) is 2.30. The van der Waals surface area contributed by atoms with Crippen LogP contribution in [0.15, 0.2) is 35.4 Å². The van der Waals surface area contributed by atoms with Crippen molar-refractivity contribution in [2.75, 3.05) is 13.2 Å². The molecule has 1 amide bonds. The van der Waals surface area contributed by atoms with Crippen molar-refractivity contribution in [3.8, 4) is 17.2 Å². The molecule has 0 saturated carbocycles. The number of benzene rings is 2. The lowest BCUT2D eigenvalue weighted by Gasteiger charge is -2.16. The van der Waals surface area contributed by atoms with E-state index in [0.717, 1.165) is 29.5 Å². The minimum atomic E-state index is -0.643. The average molecular weight is 386 g/mol. The summed E-state index contributed by atoms with van der Waals surface area (Å²) in [6.45, 7) is 5.38. The Labute approximate surface area is 161 Å². The number of ether oxygens (including phenoxy) is 2. The Kier molecular flexibility index (Phi) is 6.91. The van der Waals surface area contributed by atoms with Gasteiger partial charge in [0.25, 0.3) is 11.6 Å². The van der Waals surface area contributed by atoms with Gasteiger partial charge in [0.2, 0.25) is 0 Å². The molecule has 2 aromatic carbocycles. The summed E-state index contributed by atoms with van der Waals surface area (Å²) in [4.78, 5) is 22.2. The minimum absolute atomic E-state index is 0.0756. The van der Waals surface area contributed by atoms with Crippen LogP contribution in [-0.2, 0) is 4.79 Å². The molecule has 148 valence electrons. The molecule has 9 nitrogen and oxygen atoms in total. The van der Waals surface area contributed by atoms with Crippen LogP contribution in [0.4, 0.5) is 5.69 Å². The maximum atomic E-state index is 12.2. The van der Waals surface area contributed by atoms with Crippen molar-refractivity contribution in [1.82, 2.24) is 5.43 Å². The predicted molar refractivity (Wildman–Crippen MR) is 101 cm³/mol. The molecule has 0 aromatic heterocycles. The number of aryl methyl sites for hydroxylation is 1. The number of carbonyl (C=O) groups excluding carboxylic acids is 1. The largest absolute Gasteiger partial charge is 0.870 e. The lowest BCUT2D eigenvalue weighted by atomic mass is 10.1. The molecule has 0 unspecified atom stereocenters. The Balaban J connectivity index is 2.04. The van der Waals surface area contributed by atoms with Crippen LogP contribution in [0.2, 0.25) is 0 Å². The quantitative estimate of drug-likeness (QED) is 0.421. The second-order valence-corrected chi connectivity index (χ2v) is 5.83. The Morgan fingerprint density at radius 2 is 2.00 bits per heavy atom. The number of rotatable bonds is 8. The van der Waals surface area contributed by atoms with Gasteiger partial charge in [0.15, 0.2) is 6.61 Å². The third-order valence-corrected chi connectivity index (χ3v) is 3.89. The number of nitro groups is 1. The third kappa shape index (κ3) is 5.19. The van der Waals surface area contributed by atoms with Crippen molar-refractivity contribution < 1.29 is 24.3 Å². The highest BCUT2D eigenvalue weighted by Gasteiger charge is 2.12. The molecule has 2 rings (SSSR count). The zero-order valence-corrected chi connectivity index (χ0v) is 15.7. The molecule has 0 fully saturated rings. The fourth-order valence-electron chi connectivity index (χ4n) is 2.30. The molecule has 0 aliphatic carbocycles. The highest BCUT2D eigenvalue weighted by atomic mass is 16.6. The lowest BCUT2D eigenvalue weighted by Crippen LogP contribution is -2.24. The summed E-state index contributed by atoms with van der Waals surface area (Å²) in [5.41, 5.74) is 3.79. The average Bonchev–Trinajstić information content (AvgIpc) is 2.65. The molecule has 9 heteroatoms. The van der Waals surface area contributed by atoms with Gasteiger partial charge in [0.1, 0.15) is 11.5 Å². The number of nitro benzene ring substituents is 1. The SMILES string of the molecule is CCOc1cc([N+](=O)[O-])cc(/C=N\NC(=O)COc2cccc(C)c2C)c1[O-]. The van der Waals surface area contributed by atoms with Gasteiger partial charge in [0, 0.05) is 6.07 Å². The Hall–Kier alpha value is -3.62. The van der Waals surface area contributed by atoms with Crippen LogP contribution in [0.3, 0.4) is 0 Å². The van der Waals surface area contributed by atoms with E-state index < -0.39 is 16.6 Å². The predicted octanol–water partition coefficient (Wildman–Crippen LogP) is 2.21. The lowest BCUT2D eigenvalue weighted by molar-refractivity contribution is -0.385. The van der Waals surface area contributed by atoms with Gasteiger partial charge in [-0.2, -0.15) is 5.10 Å². The summed E-state index contributed by atoms with van der Waals surface area (Å²) in [5.74, 6) is -0.666. The molecule has 0 aliphatic heterocycles. The molecular formula is C19H20N3O6-. The summed E-state index contributed by atoms with van der Waals surface area (Å²) >= 11 is 0. The molecule has 28 heavy (non-hydrogen) atoms. The first-order valence-corrected chi connectivity index (χ1v) is 8.46. The van der Waals surface area contributed by atoms with E-state index in [-0.39, 0.29) is 30.2 Å². The molecule has 0 aliphatic rings. The van der Waals surface area contributed by atoms with Crippen molar-refractivity contribution in [1.29, 1.82) is 0 Å². The van der Waals surface area contributed by atoms with E-state index in [1.54, 1.807) is 13.0 Å². The number of hydrogen-bond acceptors (Lipinski definition) is 7. The second kappa shape index (κ2) is 9.36. The standard InChI is InChI=1S/C19H21N3O6/c1-4-27-17-9-15(22(25)26)8-14(19(17)24)10-20-21-18(23)11-28-16-7-5-6-12(2)13(16)3/h5-10,24H,4,11H2,1-3H3,(H,21,23)/p-1/b20-10-. The van der Waals surface area contributed by atoms with E-state index in [1.807, 2.05) is 26.0 Å². The van der Waals surface area contributed by atoms with E-state index in [4.69, 9.17) is 9.47 Å². The molecule has 0 spiro atoms. The molecule has 0 bridgehead atoms.